The molecule has 1 aromatic carbocycles. The van der Waals surface area contributed by atoms with Gasteiger partial charge in [-0.15, -0.1) is 11.3 Å². The number of rotatable bonds is 5. The highest BCUT2D eigenvalue weighted by molar-refractivity contribution is 7.09. The molecule has 1 fully saturated rings. The molecule has 1 saturated heterocycles. The second-order valence-electron chi connectivity index (χ2n) is 6.00. The van der Waals surface area contributed by atoms with Crippen LogP contribution in [0.5, 0.6) is 0 Å². The Hall–Kier alpha value is -1.85. The minimum Gasteiger partial charge on any atom is -0.338 e. The number of hydrogen-bond acceptors (Lipinski definition) is 3. The largest absolute Gasteiger partial charge is 0.338 e. The van der Waals surface area contributed by atoms with Crippen molar-refractivity contribution in [2.75, 3.05) is 25.0 Å². The molecule has 2 N–H and O–H groups in total. The van der Waals surface area contributed by atoms with Gasteiger partial charge in [-0.1, -0.05) is 24.3 Å². The van der Waals surface area contributed by atoms with E-state index in [9.17, 15) is 4.79 Å². The van der Waals surface area contributed by atoms with E-state index in [1.807, 2.05) is 41.7 Å². The summed E-state index contributed by atoms with van der Waals surface area (Å²) < 4.78 is 0. The topological polar surface area (TPSA) is 44.4 Å². The number of carbonyl (C=O) groups excluding carboxylic acids is 1. The van der Waals surface area contributed by atoms with Crippen molar-refractivity contribution in [3.8, 4) is 0 Å². The van der Waals surface area contributed by atoms with Crippen LogP contribution < -0.4 is 10.6 Å². The van der Waals surface area contributed by atoms with Crippen LogP contribution in [-0.4, -0.2) is 30.6 Å². The van der Waals surface area contributed by atoms with Crippen molar-refractivity contribution < 1.29 is 4.79 Å². The maximum absolute atomic E-state index is 11.9. The van der Waals surface area contributed by atoms with E-state index in [2.05, 4.69) is 33.0 Å². The quantitative estimate of drug-likeness (QED) is 0.877. The summed E-state index contributed by atoms with van der Waals surface area (Å²) >= 11 is 1.83. The molecule has 2 aromatic rings. The summed E-state index contributed by atoms with van der Waals surface area (Å²) in [5.41, 5.74) is 0.829. The molecule has 3 rings (SSSR count). The molecule has 0 bridgehead atoms. The molecule has 1 aliphatic rings. The highest BCUT2D eigenvalue weighted by Gasteiger charge is 2.19. The highest BCUT2D eigenvalue weighted by Crippen LogP contribution is 2.20. The molecule has 0 unspecified atom stereocenters. The number of urea groups is 1. The monoisotopic (exact) mass is 329 g/mol. The van der Waals surface area contributed by atoms with Gasteiger partial charge in [0.25, 0.3) is 0 Å². The van der Waals surface area contributed by atoms with Crippen molar-refractivity contribution in [1.29, 1.82) is 0 Å². The molecule has 1 aliphatic heterocycles. The number of nitrogens with zero attached hydrogens (tertiary/aromatic N) is 1. The van der Waals surface area contributed by atoms with Crippen LogP contribution in [0.2, 0.25) is 0 Å². The fourth-order valence-corrected chi connectivity index (χ4v) is 3.65. The molecule has 0 radical (unpaired) electrons. The molecule has 0 spiro atoms. The van der Waals surface area contributed by atoms with Gasteiger partial charge in [0.05, 0.1) is 0 Å². The first-order valence-electron chi connectivity index (χ1n) is 8.14. The molecule has 2 heterocycles. The van der Waals surface area contributed by atoms with Crippen molar-refractivity contribution in [3.05, 3.63) is 52.7 Å². The zero-order valence-corrected chi connectivity index (χ0v) is 14.0. The van der Waals surface area contributed by atoms with Gasteiger partial charge in [-0.2, -0.15) is 0 Å². The molecule has 0 saturated carbocycles. The first-order chi connectivity index (χ1) is 11.3. The van der Waals surface area contributed by atoms with Crippen LogP contribution in [0.15, 0.2) is 47.8 Å². The van der Waals surface area contributed by atoms with E-state index in [4.69, 9.17) is 0 Å². The van der Waals surface area contributed by atoms with Gasteiger partial charge < -0.3 is 10.6 Å². The van der Waals surface area contributed by atoms with Crippen LogP contribution in [0.1, 0.15) is 17.7 Å². The van der Waals surface area contributed by atoms with Crippen LogP contribution in [-0.2, 0) is 6.54 Å². The highest BCUT2D eigenvalue weighted by atomic mass is 32.1. The summed E-state index contributed by atoms with van der Waals surface area (Å²) in [4.78, 5) is 15.8. The van der Waals surface area contributed by atoms with E-state index in [-0.39, 0.29) is 6.03 Å². The van der Waals surface area contributed by atoms with Gasteiger partial charge in [0.15, 0.2) is 0 Å². The Kier molecular flexibility index (Phi) is 5.66. The number of amides is 2. The Morgan fingerprint density at radius 2 is 1.91 bits per heavy atom. The number of benzene rings is 1. The second kappa shape index (κ2) is 8.13. The van der Waals surface area contributed by atoms with Gasteiger partial charge in [0.1, 0.15) is 0 Å². The van der Waals surface area contributed by atoms with Crippen LogP contribution in [0, 0.1) is 5.92 Å². The van der Waals surface area contributed by atoms with E-state index >= 15 is 0 Å². The molecule has 5 heteroatoms. The Balaban J connectivity index is 1.35. The van der Waals surface area contributed by atoms with E-state index in [1.54, 1.807) is 0 Å². The number of anilines is 1. The average Bonchev–Trinajstić information content (AvgIpc) is 3.08. The van der Waals surface area contributed by atoms with Gasteiger partial charge in [0.2, 0.25) is 0 Å². The summed E-state index contributed by atoms with van der Waals surface area (Å²) in [6.07, 6.45) is 2.30. The van der Waals surface area contributed by atoms with Crippen molar-refractivity contribution in [2.24, 2.45) is 5.92 Å². The summed E-state index contributed by atoms with van der Waals surface area (Å²) in [6, 6.07) is 13.8. The fraction of sp³-hybridized carbons (Fsp3) is 0.389. The van der Waals surface area contributed by atoms with Crippen LogP contribution >= 0.6 is 11.3 Å². The number of hydrogen-bond donors (Lipinski definition) is 2. The van der Waals surface area contributed by atoms with Crippen LogP contribution in [0.25, 0.3) is 0 Å². The summed E-state index contributed by atoms with van der Waals surface area (Å²) in [5, 5.41) is 7.99. The molecule has 1 aromatic heterocycles. The van der Waals surface area contributed by atoms with E-state index < -0.39 is 0 Å². The number of piperidine rings is 1. The standard InChI is InChI=1S/C18H23N3OS/c22-18(20-16-5-2-1-3-6-16)19-13-15-8-10-21(11-9-15)14-17-7-4-12-23-17/h1-7,12,15H,8-11,13-14H2,(H2,19,20,22). The lowest BCUT2D eigenvalue weighted by Crippen LogP contribution is -2.39. The molecular formula is C18H23N3OS. The molecule has 122 valence electrons. The SMILES string of the molecule is O=C(NCC1CCN(Cc2cccs2)CC1)Nc1ccccc1. The molecule has 23 heavy (non-hydrogen) atoms. The molecule has 0 aliphatic carbocycles. The minimum absolute atomic E-state index is 0.114. The zero-order chi connectivity index (χ0) is 15.9. The number of thiophene rings is 1. The van der Waals surface area contributed by atoms with Gasteiger partial charge in [-0.3, -0.25) is 4.90 Å². The second-order valence-corrected chi connectivity index (χ2v) is 7.03. The zero-order valence-electron chi connectivity index (χ0n) is 13.2. The molecule has 2 amide bonds. The van der Waals surface area contributed by atoms with Gasteiger partial charge >= 0.3 is 6.03 Å². The maximum Gasteiger partial charge on any atom is 0.319 e. The van der Waals surface area contributed by atoms with E-state index in [1.165, 1.54) is 4.88 Å². The third kappa shape index (κ3) is 5.08. The van der Waals surface area contributed by atoms with E-state index in [0.717, 1.165) is 44.7 Å². The summed E-state index contributed by atoms with van der Waals surface area (Å²) in [5.74, 6) is 0.580. The van der Waals surface area contributed by atoms with Gasteiger partial charge in [0, 0.05) is 23.7 Å². The Morgan fingerprint density at radius 1 is 1.13 bits per heavy atom. The summed E-state index contributed by atoms with van der Waals surface area (Å²) in [7, 11) is 0. The van der Waals surface area contributed by atoms with Crippen molar-refractivity contribution in [1.82, 2.24) is 10.2 Å². The Morgan fingerprint density at radius 3 is 2.61 bits per heavy atom. The molecule has 0 atom stereocenters. The maximum atomic E-state index is 11.9. The fourth-order valence-electron chi connectivity index (χ4n) is 2.91. The normalized spacial score (nSPS) is 16.2. The first-order valence-corrected chi connectivity index (χ1v) is 9.02. The lowest BCUT2D eigenvalue weighted by Gasteiger charge is -2.31. The van der Waals surface area contributed by atoms with Crippen molar-refractivity contribution >= 4 is 23.1 Å². The van der Waals surface area contributed by atoms with Crippen molar-refractivity contribution in [2.45, 2.75) is 19.4 Å². The predicted octanol–water partition coefficient (Wildman–Crippen LogP) is 3.78. The van der Waals surface area contributed by atoms with E-state index in [0.29, 0.717) is 5.92 Å². The number of nitrogens with one attached hydrogen (secondary N) is 2. The number of carbonyl (C=O) groups is 1. The van der Waals surface area contributed by atoms with Crippen molar-refractivity contribution in [3.63, 3.8) is 0 Å². The van der Waals surface area contributed by atoms with Gasteiger partial charge in [-0.05, 0) is 55.4 Å². The Labute approximate surface area is 141 Å². The lowest BCUT2D eigenvalue weighted by molar-refractivity contribution is 0.177. The third-order valence-corrected chi connectivity index (χ3v) is 5.11. The lowest BCUT2D eigenvalue weighted by atomic mass is 9.97. The smallest absolute Gasteiger partial charge is 0.319 e. The predicted molar refractivity (Wildman–Crippen MR) is 95.8 cm³/mol. The number of para-hydroxylation sites is 1. The van der Waals surface area contributed by atoms with Crippen LogP contribution in [0.3, 0.4) is 0 Å². The first kappa shape index (κ1) is 16.0. The summed E-state index contributed by atoms with van der Waals surface area (Å²) in [6.45, 7) is 4.05. The van der Waals surface area contributed by atoms with Gasteiger partial charge in [-0.25, -0.2) is 4.79 Å². The average molecular weight is 329 g/mol. The molecule has 4 nitrogen and oxygen atoms in total. The number of likely N-dealkylation sites (tertiary alicyclic amines) is 1. The molecular weight excluding hydrogens is 306 g/mol. The van der Waals surface area contributed by atoms with Crippen LogP contribution in [0.4, 0.5) is 10.5 Å². The third-order valence-electron chi connectivity index (χ3n) is 4.25. The minimum atomic E-state index is -0.114. The Bertz CT molecular complexity index is 592.